The molecule has 0 spiro atoms. The van der Waals surface area contributed by atoms with Crippen LogP contribution in [0.4, 0.5) is 10.5 Å². The summed E-state index contributed by atoms with van der Waals surface area (Å²) in [5.41, 5.74) is 2.57. The van der Waals surface area contributed by atoms with Crippen molar-refractivity contribution in [2.75, 3.05) is 38.2 Å². The van der Waals surface area contributed by atoms with Crippen molar-refractivity contribution < 1.29 is 14.3 Å². The number of likely N-dealkylation sites (tertiary alicyclic amines) is 1. The Balaban J connectivity index is 1.56. The Labute approximate surface area is 178 Å². The topological polar surface area (TPSA) is 70.7 Å². The number of benzene rings is 2. The highest BCUT2D eigenvalue weighted by atomic mass is 16.5. The molecular weight excluding hydrogens is 378 g/mol. The van der Waals surface area contributed by atoms with E-state index in [4.69, 9.17) is 4.74 Å². The second-order valence-corrected chi connectivity index (χ2v) is 7.51. The third-order valence-corrected chi connectivity index (χ3v) is 5.31. The first kappa shape index (κ1) is 21.8. The van der Waals surface area contributed by atoms with Crippen molar-refractivity contribution in [3.63, 3.8) is 0 Å². The molecule has 1 atom stereocenters. The predicted molar refractivity (Wildman–Crippen MR) is 119 cm³/mol. The standard InChI is InChI=1S/C24H31N3O3/c1-2-30-16-8-14-25-23(28)20-10-6-9-19(17-20)21-11-7-15-27(18-21)24(29)26-22-12-4-3-5-13-22/h3-6,9-10,12-13,17,21H,2,7-8,11,14-16,18H2,1H3,(H,25,28)(H,26,29)/t21-/m0/s1. The Bertz CT molecular complexity index is 825. The van der Waals surface area contributed by atoms with Crippen LogP contribution in [0.3, 0.4) is 0 Å². The minimum absolute atomic E-state index is 0.0668. The fraction of sp³-hybridized carbons (Fsp3) is 0.417. The molecule has 3 amide bonds. The molecule has 0 aliphatic carbocycles. The number of carbonyl (C=O) groups excluding carboxylic acids is 2. The number of ether oxygens (including phenoxy) is 1. The van der Waals surface area contributed by atoms with Crippen LogP contribution in [-0.2, 0) is 4.74 Å². The van der Waals surface area contributed by atoms with Crippen LogP contribution in [0, 0.1) is 0 Å². The number of para-hydroxylation sites is 1. The summed E-state index contributed by atoms with van der Waals surface area (Å²) >= 11 is 0. The van der Waals surface area contributed by atoms with Gasteiger partial charge in [-0.2, -0.15) is 0 Å². The first-order chi connectivity index (χ1) is 14.7. The van der Waals surface area contributed by atoms with Gasteiger partial charge in [-0.15, -0.1) is 0 Å². The molecule has 30 heavy (non-hydrogen) atoms. The van der Waals surface area contributed by atoms with Gasteiger partial charge in [0.1, 0.15) is 0 Å². The van der Waals surface area contributed by atoms with Crippen LogP contribution in [0.5, 0.6) is 0 Å². The van der Waals surface area contributed by atoms with E-state index in [9.17, 15) is 9.59 Å². The Hall–Kier alpha value is -2.86. The maximum absolute atomic E-state index is 12.7. The van der Waals surface area contributed by atoms with Crippen LogP contribution < -0.4 is 10.6 Å². The molecule has 2 aromatic rings. The summed E-state index contributed by atoms with van der Waals surface area (Å²) < 4.78 is 5.30. The number of nitrogens with one attached hydrogen (secondary N) is 2. The summed E-state index contributed by atoms with van der Waals surface area (Å²) in [5, 5.41) is 5.91. The van der Waals surface area contributed by atoms with Gasteiger partial charge < -0.3 is 20.3 Å². The summed E-state index contributed by atoms with van der Waals surface area (Å²) in [4.78, 5) is 27.0. The lowest BCUT2D eigenvalue weighted by molar-refractivity contribution is 0.0944. The maximum Gasteiger partial charge on any atom is 0.321 e. The van der Waals surface area contributed by atoms with Crippen LogP contribution in [0.2, 0.25) is 0 Å². The molecule has 1 aliphatic heterocycles. The molecule has 0 saturated carbocycles. The fourth-order valence-corrected chi connectivity index (χ4v) is 3.71. The van der Waals surface area contributed by atoms with Crippen LogP contribution in [0.25, 0.3) is 0 Å². The molecule has 1 saturated heterocycles. The number of hydrogen-bond donors (Lipinski definition) is 2. The molecule has 2 N–H and O–H groups in total. The van der Waals surface area contributed by atoms with E-state index < -0.39 is 0 Å². The number of nitrogens with zero attached hydrogens (tertiary/aromatic N) is 1. The highest BCUT2D eigenvalue weighted by molar-refractivity contribution is 5.94. The Morgan fingerprint density at radius 2 is 1.97 bits per heavy atom. The van der Waals surface area contributed by atoms with Gasteiger partial charge in [0, 0.05) is 50.0 Å². The first-order valence-electron chi connectivity index (χ1n) is 10.7. The highest BCUT2D eigenvalue weighted by Crippen LogP contribution is 2.28. The molecule has 0 bridgehead atoms. The summed E-state index contributed by atoms with van der Waals surface area (Å²) in [7, 11) is 0. The summed E-state index contributed by atoms with van der Waals surface area (Å²) in [6.45, 7) is 5.30. The molecule has 0 aromatic heterocycles. The van der Waals surface area contributed by atoms with E-state index in [2.05, 4.69) is 16.7 Å². The van der Waals surface area contributed by atoms with E-state index in [1.807, 2.05) is 60.4 Å². The van der Waals surface area contributed by atoms with Gasteiger partial charge in [-0.1, -0.05) is 30.3 Å². The van der Waals surface area contributed by atoms with Crippen molar-refractivity contribution in [3.8, 4) is 0 Å². The zero-order chi connectivity index (χ0) is 21.2. The van der Waals surface area contributed by atoms with Gasteiger partial charge in [0.15, 0.2) is 0 Å². The van der Waals surface area contributed by atoms with Crippen molar-refractivity contribution in [1.29, 1.82) is 0 Å². The molecule has 2 aromatic carbocycles. The average molecular weight is 410 g/mol. The third-order valence-electron chi connectivity index (χ3n) is 5.31. The zero-order valence-electron chi connectivity index (χ0n) is 17.6. The lowest BCUT2D eigenvalue weighted by Crippen LogP contribution is -2.41. The van der Waals surface area contributed by atoms with Crippen molar-refractivity contribution in [2.24, 2.45) is 0 Å². The summed E-state index contributed by atoms with van der Waals surface area (Å²) in [6, 6.07) is 17.2. The van der Waals surface area contributed by atoms with E-state index in [0.717, 1.165) is 37.1 Å². The smallest absolute Gasteiger partial charge is 0.321 e. The van der Waals surface area contributed by atoms with Crippen molar-refractivity contribution in [2.45, 2.75) is 32.1 Å². The van der Waals surface area contributed by atoms with Gasteiger partial charge in [-0.05, 0) is 56.0 Å². The monoisotopic (exact) mass is 409 g/mol. The van der Waals surface area contributed by atoms with Crippen LogP contribution in [-0.4, -0.2) is 49.7 Å². The maximum atomic E-state index is 12.7. The molecule has 0 radical (unpaired) electrons. The van der Waals surface area contributed by atoms with Crippen molar-refractivity contribution >= 4 is 17.6 Å². The van der Waals surface area contributed by atoms with Crippen molar-refractivity contribution in [3.05, 3.63) is 65.7 Å². The number of amides is 3. The molecule has 6 nitrogen and oxygen atoms in total. The van der Waals surface area contributed by atoms with Crippen LogP contribution in [0.1, 0.15) is 48.0 Å². The normalized spacial score (nSPS) is 16.2. The Morgan fingerprint density at radius 3 is 2.77 bits per heavy atom. The second kappa shape index (κ2) is 11.4. The minimum Gasteiger partial charge on any atom is -0.382 e. The molecule has 1 fully saturated rings. The SMILES string of the molecule is CCOCCCNC(=O)c1cccc([C@H]2CCCN(C(=O)Nc3ccccc3)C2)c1. The molecule has 3 rings (SSSR count). The number of carbonyl (C=O) groups is 2. The largest absolute Gasteiger partial charge is 0.382 e. The van der Waals surface area contributed by atoms with E-state index >= 15 is 0 Å². The molecule has 0 unspecified atom stereocenters. The average Bonchev–Trinajstić information content (AvgIpc) is 2.79. The van der Waals surface area contributed by atoms with E-state index in [1.54, 1.807) is 0 Å². The number of hydrogen-bond acceptors (Lipinski definition) is 3. The second-order valence-electron chi connectivity index (χ2n) is 7.51. The molecule has 6 heteroatoms. The van der Waals surface area contributed by atoms with Gasteiger partial charge in [0.05, 0.1) is 0 Å². The molecule has 1 heterocycles. The number of piperidine rings is 1. The van der Waals surface area contributed by atoms with E-state index in [1.165, 1.54) is 0 Å². The number of urea groups is 1. The molecular formula is C24H31N3O3. The molecule has 1 aliphatic rings. The van der Waals surface area contributed by atoms with Crippen LogP contribution >= 0.6 is 0 Å². The minimum atomic E-state index is -0.0749. The van der Waals surface area contributed by atoms with Crippen LogP contribution in [0.15, 0.2) is 54.6 Å². The third kappa shape index (κ3) is 6.32. The van der Waals surface area contributed by atoms with Gasteiger partial charge in [-0.3, -0.25) is 4.79 Å². The summed E-state index contributed by atoms with van der Waals surface area (Å²) in [6.07, 6.45) is 2.75. The van der Waals surface area contributed by atoms with Crippen molar-refractivity contribution in [1.82, 2.24) is 10.2 Å². The van der Waals surface area contributed by atoms with E-state index in [-0.39, 0.29) is 17.9 Å². The van der Waals surface area contributed by atoms with E-state index in [0.29, 0.717) is 31.9 Å². The lowest BCUT2D eigenvalue weighted by Gasteiger charge is -2.33. The lowest BCUT2D eigenvalue weighted by atomic mass is 9.89. The van der Waals surface area contributed by atoms with Gasteiger partial charge in [0.25, 0.3) is 5.91 Å². The Morgan fingerprint density at radius 1 is 1.13 bits per heavy atom. The van der Waals surface area contributed by atoms with Gasteiger partial charge >= 0.3 is 6.03 Å². The summed E-state index contributed by atoms with van der Waals surface area (Å²) in [5.74, 6) is 0.161. The first-order valence-corrected chi connectivity index (χ1v) is 10.7. The quantitative estimate of drug-likeness (QED) is 0.640. The zero-order valence-corrected chi connectivity index (χ0v) is 17.6. The number of anilines is 1. The highest BCUT2D eigenvalue weighted by Gasteiger charge is 2.25. The number of rotatable bonds is 8. The predicted octanol–water partition coefficient (Wildman–Crippen LogP) is 4.25. The van der Waals surface area contributed by atoms with Gasteiger partial charge in [-0.25, -0.2) is 4.79 Å². The fourth-order valence-electron chi connectivity index (χ4n) is 3.71. The Kier molecular flexibility index (Phi) is 8.27. The molecule has 160 valence electrons. The van der Waals surface area contributed by atoms with Gasteiger partial charge in [0.2, 0.25) is 0 Å².